The second-order valence-corrected chi connectivity index (χ2v) is 7.14. The van der Waals surface area contributed by atoms with Crippen LogP contribution in [0.3, 0.4) is 0 Å². The number of benzene rings is 2. The molecule has 0 aliphatic heterocycles. The lowest BCUT2D eigenvalue weighted by atomic mass is 10.1. The Bertz CT molecular complexity index is 831. The molecule has 0 fully saturated rings. The van der Waals surface area contributed by atoms with Crippen molar-refractivity contribution in [3.05, 3.63) is 58.6 Å². The largest absolute Gasteiger partial charge is 0.388 e. The van der Waals surface area contributed by atoms with E-state index >= 15 is 0 Å². The zero-order valence-electron chi connectivity index (χ0n) is 13.1. The van der Waals surface area contributed by atoms with Crippen molar-refractivity contribution < 1.29 is 8.42 Å². The van der Waals surface area contributed by atoms with Crippen LogP contribution in [0.2, 0.25) is 5.02 Å². The molecule has 0 atom stereocenters. The fourth-order valence-corrected chi connectivity index (χ4v) is 3.02. The number of aryl methyl sites for hydroxylation is 1. The molecule has 2 N–H and O–H groups in total. The Morgan fingerprint density at radius 3 is 2.39 bits per heavy atom. The van der Waals surface area contributed by atoms with Crippen LogP contribution in [0.1, 0.15) is 18.1 Å². The van der Waals surface area contributed by atoms with Crippen LogP contribution in [0.15, 0.2) is 52.5 Å². The van der Waals surface area contributed by atoms with Gasteiger partial charge in [0.1, 0.15) is 0 Å². The molecule has 2 rings (SSSR count). The van der Waals surface area contributed by atoms with Crippen LogP contribution in [-0.4, -0.2) is 21.2 Å². The number of rotatable bonds is 5. The van der Waals surface area contributed by atoms with Gasteiger partial charge in [0.2, 0.25) is 0 Å². The van der Waals surface area contributed by atoms with Crippen LogP contribution < -0.4 is 10.1 Å². The first-order valence-corrected chi connectivity index (χ1v) is 8.80. The average molecular weight is 352 g/mol. The van der Waals surface area contributed by atoms with Gasteiger partial charge in [-0.25, -0.2) is 0 Å². The molecule has 0 bridgehead atoms. The Morgan fingerprint density at radius 2 is 1.78 bits per heavy atom. The fraction of sp³-hybridized carbons (Fsp3) is 0.188. The summed E-state index contributed by atoms with van der Waals surface area (Å²) >= 11 is 6.00. The lowest BCUT2D eigenvalue weighted by Crippen LogP contribution is -2.20. The van der Waals surface area contributed by atoms with Gasteiger partial charge in [-0.1, -0.05) is 29.3 Å². The van der Waals surface area contributed by atoms with E-state index in [2.05, 4.69) is 15.2 Å². The topological polar surface area (TPSA) is 70.6 Å². The molecule has 5 nitrogen and oxygen atoms in total. The minimum Gasteiger partial charge on any atom is -0.388 e. The van der Waals surface area contributed by atoms with Crippen molar-refractivity contribution in [3.63, 3.8) is 0 Å². The Kier molecular flexibility index (Phi) is 5.28. The van der Waals surface area contributed by atoms with E-state index in [4.69, 9.17) is 11.6 Å². The minimum absolute atomic E-state index is 0.166. The van der Waals surface area contributed by atoms with E-state index in [1.54, 1.807) is 50.4 Å². The van der Waals surface area contributed by atoms with Gasteiger partial charge in [0.15, 0.2) is 0 Å². The summed E-state index contributed by atoms with van der Waals surface area (Å²) in [6.07, 6.45) is 0. The molecule has 0 aliphatic carbocycles. The summed E-state index contributed by atoms with van der Waals surface area (Å²) in [6, 6.07) is 11.8. The van der Waals surface area contributed by atoms with Crippen molar-refractivity contribution in [2.24, 2.45) is 5.10 Å². The quantitative estimate of drug-likeness (QED) is 0.640. The second-order valence-electron chi connectivity index (χ2n) is 5.04. The molecule has 0 unspecified atom stereocenters. The van der Waals surface area contributed by atoms with Gasteiger partial charge >= 0.3 is 0 Å². The fourth-order valence-electron chi connectivity index (χ4n) is 1.99. The summed E-state index contributed by atoms with van der Waals surface area (Å²) in [5.74, 6) is 0. The highest BCUT2D eigenvalue weighted by Crippen LogP contribution is 2.21. The molecule has 2 aromatic carbocycles. The Balaban J connectivity index is 2.28. The van der Waals surface area contributed by atoms with Crippen LogP contribution in [0.25, 0.3) is 0 Å². The molecule has 0 radical (unpaired) electrons. The SMILES string of the molecule is CNc1ccc(Cl)cc1/C(C)=N/NS(=O)(=O)c1ccc(C)cc1. The Morgan fingerprint density at radius 1 is 1.13 bits per heavy atom. The average Bonchev–Trinajstić information content (AvgIpc) is 2.53. The number of hydrazone groups is 1. The molecular formula is C16H18ClN3O2S. The van der Waals surface area contributed by atoms with Gasteiger partial charge in [-0.15, -0.1) is 0 Å². The zero-order chi connectivity index (χ0) is 17.0. The first-order valence-electron chi connectivity index (χ1n) is 6.94. The highest BCUT2D eigenvalue weighted by molar-refractivity contribution is 7.89. The first-order chi connectivity index (χ1) is 10.8. The molecule has 0 amide bonds. The number of anilines is 1. The second kappa shape index (κ2) is 7.02. The van der Waals surface area contributed by atoms with E-state index in [0.29, 0.717) is 10.7 Å². The van der Waals surface area contributed by atoms with E-state index < -0.39 is 10.0 Å². The maximum Gasteiger partial charge on any atom is 0.276 e. The van der Waals surface area contributed by atoms with Crippen LogP contribution >= 0.6 is 11.6 Å². The van der Waals surface area contributed by atoms with Crippen molar-refractivity contribution in [3.8, 4) is 0 Å². The van der Waals surface area contributed by atoms with Crippen LogP contribution in [0.4, 0.5) is 5.69 Å². The van der Waals surface area contributed by atoms with Crippen molar-refractivity contribution in [2.75, 3.05) is 12.4 Å². The molecule has 0 saturated heterocycles. The van der Waals surface area contributed by atoms with Gasteiger partial charge in [-0.2, -0.15) is 18.4 Å². The molecule has 122 valence electrons. The van der Waals surface area contributed by atoms with Crippen LogP contribution in [-0.2, 0) is 10.0 Å². The highest BCUT2D eigenvalue weighted by atomic mass is 35.5. The predicted molar refractivity (Wildman–Crippen MR) is 94.7 cm³/mol. The summed E-state index contributed by atoms with van der Waals surface area (Å²) in [7, 11) is -1.93. The van der Waals surface area contributed by atoms with Gasteiger partial charge < -0.3 is 5.32 Å². The third-order valence-electron chi connectivity index (χ3n) is 3.31. The van der Waals surface area contributed by atoms with Crippen molar-refractivity contribution in [2.45, 2.75) is 18.7 Å². The smallest absolute Gasteiger partial charge is 0.276 e. The van der Waals surface area contributed by atoms with E-state index in [9.17, 15) is 8.42 Å². The molecule has 0 aromatic heterocycles. The molecule has 2 aromatic rings. The van der Waals surface area contributed by atoms with Gasteiger partial charge in [-0.3, -0.25) is 0 Å². The lowest BCUT2D eigenvalue weighted by molar-refractivity contribution is 0.584. The third-order valence-corrected chi connectivity index (χ3v) is 4.77. The minimum atomic E-state index is -3.70. The van der Waals surface area contributed by atoms with E-state index in [1.807, 2.05) is 13.0 Å². The maximum atomic E-state index is 12.2. The number of hydrogen-bond donors (Lipinski definition) is 2. The number of nitrogens with zero attached hydrogens (tertiary/aromatic N) is 1. The molecule has 0 aliphatic rings. The lowest BCUT2D eigenvalue weighted by Gasteiger charge is -2.10. The van der Waals surface area contributed by atoms with Gasteiger partial charge in [0, 0.05) is 23.3 Å². The summed E-state index contributed by atoms with van der Waals surface area (Å²) in [5, 5.41) is 7.57. The van der Waals surface area contributed by atoms with Gasteiger partial charge in [-0.05, 0) is 44.2 Å². The number of sulfonamides is 1. The molecule has 0 spiro atoms. The maximum absolute atomic E-state index is 12.2. The number of hydrogen-bond acceptors (Lipinski definition) is 4. The Hall–Kier alpha value is -2.05. The standard InChI is InChI=1S/C16H18ClN3O2S/c1-11-4-7-14(8-5-11)23(21,22)20-19-12(2)15-10-13(17)6-9-16(15)18-3/h4-10,18,20H,1-3H3/b19-12+. The zero-order valence-corrected chi connectivity index (χ0v) is 14.7. The van der Waals surface area contributed by atoms with E-state index in [0.717, 1.165) is 16.8 Å². The first kappa shape index (κ1) is 17.3. The summed E-state index contributed by atoms with van der Waals surface area (Å²) in [4.78, 5) is 2.42. The summed E-state index contributed by atoms with van der Waals surface area (Å²) in [5.41, 5.74) is 3.03. The molecular weight excluding hydrogens is 334 g/mol. The predicted octanol–water partition coefficient (Wildman–Crippen LogP) is 3.39. The molecule has 7 heteroatoms. The molecule has 0 saturated carbocycles. The van der Waals surface area contributed by atoms with Crippen molar-refractivity contribution in [1.82, 2.24) is 4.83 Å². The number of halogens is 1. The van der Waals surface area contributed by atoms with Crippen molar-refractivity contribution >= 4 is 33.0 Å². The van der Waals surface area contributed by atoms with E-state index in [-0.39, 0.29) is 4.90 Å². The monoisotopic (exact) mass is 351 g/mol. The highest BCUT2D eigenvalue weighted by Gasteiger charge is 2.13. The van der Waals surface area contributed by atoms with Crippen LogP contribution in [0, 0.1) is 6.92 Å². The Labute approximate surface area is 141 Å². The van der Waals surface area contributed by atoms with Gasteiger partial charge in [0.25, 0.3) is 10.0 Å². The summed E-state index contributed by atoms with van der Waals surface area (Å²) in [6.45, 7) is 3.61. The molecule has 0 heterocycles. The van der Waals surface area contributed by atoms with Crippen LogP contribution in [0.5, 0.6) is 0 Å². The normalized spacial score (nSPS) is 12.1. The van der Waals surface area contributed by atoms with E-state index in [1.165, 1.54) is 0 Å². The summed E-state index contributed by atoms with van der Waals surface area (Å²) < 4.78 is 24.5. The van der Waals surface area contributed by atoms with Crippen molar-refractivity contribution in [1.29, 1.82) is 0 Å². The molecule has 23 heavy (non-hydrogen) atoms. The van der Waals surface area contributed by atoms with Gasteiger partial charge in [0.05, 0.1) is 10.6 Å². The number of nitrogens with one attached hydrogen (secondary N) is 2. The third kappa shape index (κ3) is 4.24.